The van der Waals surface area contributed by atoms with Crippen molar-refractivity contribution in [1.82, 2.24) is 5.32 Å². The Hall–Kier alpha value is -3.66. The van der Waals surface area contributed by atoms with Gasteiger partial charge in [-0.15, -0.1) is 0 Å². The van der Waals surface area contributed by atoms with E-state index in [1.54, 1.807) is 19.9 Å². The van der Waals surface area contributed by atoms with Crippen molar-refractivity contribution in [1.29, 1.82) is 0 Å². The van der Waals surface area contributed by atoms with Crippen LogP contribution in [-0.4, -0.2) is 48.4 Å². The number of piperidine rings is 1. The first kappa shape index (κ1) is 25.0. The van der Waals surface area contributed by atoms with Crippen LogP contribution in [0.1, 0.15) is 35.7 Å². The number of nitrogens with one attached hydrogen (secondary N) is 1. The Kier molecular flexibility index (Phi) is 7.72. The number of ether oxygens (including phenoxy) is 2. The van der Waals surface area contributed by atoms with Crippen molar-refractivity contribution in [3.05, 3.63) is 75.6 Å². The Labute approximate surface area is 195 Å². The third-order valence-electron chi connectivity index (χ3n) is 6.02. The van der Waals surface area contributed by atoms with Crippen molar-refractivity contribution >= 4 is 23.4 Å². The molecule has 3 rings (SSSR count). The van der Waals surface area contributed by atoms with Gasteiger partial charge in [-0.3, -0.25) is 24.5 Å². The van der Waals surface area contributed by atoms with Gasteiger partial charge < -0.3 is 14.8 Å². The molecule has 2 aromatic carbocycles. The smallest absolute Gasteiger partial charge is 0.311 e. The van der Waals surface area contributed by atoms with E-state index in [4.69, 9.17) is 9.47 Å². The number of nitrogens with zero attached hydrogens (tertiary/aromatic N) is 1. The molecular formula is C24H25FN2O7. The molecule has 1 aliphatic rings. The molecule has 0 aromatic heterocycles. The summed E-state index contributed by atoms with van der Waals surface area (Å²) in [5, 5.41) is 14.4. The van der Waals surface area contributed by atoms with E-state index in [0.717, 1.165) is 12.1 Å². The molecule has 1 fully saturated rings. The van der Waals surface area contributed by atoms with Crippen LogP contribution in [0.4, 0.5) is 10.1 Å². The molecule has 2 aromatic rings. The maximum Gasteiger partial charge on any atom is 0.311 e. The van der Waals surface area contributed by atoms with Crippen LogP contribution in [0.25, 0.3) is 0 Å². The summed E-state index contributed by atoms with van der Waals surface area (Å²) in [6.07, 6.45) is 0. The van der Waals surface area contributed by atoms with Gasteiger partial charge in [-0.05, 0) is 43.7 Å². The molecule has 34 heavy (non-hydrogen) atoms. The van der Waals surface area contributed by atoms with E-state index in [-0.39, 0.29) is 17.9 Å². The number of halogens is 1. The minimum Gasteiger partial charge on any atom is -0.469 e. The number of hydrogen-bond donors (Lipinski definition) is 1. The molecule has 180 valence electrons. The maximum absolute atomic E-state index is 13.5. The van der Waals surface area contributed by atoms with Crippen molar-refractivity contribution in [3.8, 4) is 0 Å². The van der Waals surface area contributed by atoms with E-state index in [1.165, 1.54) is 37.4 Å². The Morgan fingerprint density at radius 2 is 1.76 bits per heavy atom. The fourth-order valence-electron chi connectivity index (χ4n) is 4.53. The lowest BCUT2D eigenvalue weighted by atomic mass is 9.66. The van der Waals surface area contributed by atoms with Gasteiger partial charge in [0.25, 0.3) is 5.69 Å². The summed E-state index contributed by atoms with van der Waals surface area (Å²) < 4.78 is 23.7. The van der Waals surface area contributed by atoms with E-state index >= 15 is 0 Å². The van der Waals surface area contributed by atoms with Crippen LogP contribution in [0.3, 0.4) is 0 Å². The molecule has 0 radical (unpaired) electrons. The van der Waals surface area contributed by atoms with Gasteiger partial charge in [0.15, 0.2) is 5.78 Å². The van der Waals surface area contributed by atoms with Gasteiger partial charge in [0.05, 0.1) is 36.5 Å². The number of rotatable bonds is 7. The minimum atomic E-state index is -1.21. The zero-order valence-electron chi connectivity index (χ0n) is 18.9. The fourth-order valence-corrected chi connectivity index (χ4v) is 4.53. The predicted molar refractivity (Wildman–Crippen MR) is 119 cm³/mol. The number of hydrogen-bond acceptors (Lipinski definition) is 8. The summed E-state index contributed by atoms with van der Waals surface area (Å²) in [7, 11) is 1.20. The van der Waals surface area contributed by atoms with Crippen LogP contribution >= 0.6 is 0 Å². The number of Topliss-reactive ketones (excluding diaryl/α,β-unsaturated/α-hetero) is 1. The molecule has 0 aliphatic carbocycles. The summed E-state index contributed by atoms with van der Waals surface area (Å²) >= 11 is 0. The standard InChI is InChI=1S/C24H25FN2O7/c1-4-34-24(30)20-19(15-6-5-7-17(12-15)27(31)32)18(23(29)33-3)13(2)26-21(20)22(28)14-8-10-16(25)11-9-14/h5-13,18-21,26H,4H2,1-3H3. The van der Waals surface area contributed by atoms with Crippen LogP contribution in [0.15, 0.2) is 48.5 Å². The highest BCUT2D eigenvalue weighted by molar-refractivity contribution is 6.03. The summed E-state index contributed by atoms with van der Waals surface area (Å²) in [4.78, 5) is 50.3. The Bertz CT molecular complexity index is 1090. The number of non-ortho nitro benzene ring substituents is 1. The lowest BCUT2D eigenvalue weighted by Crippen LogP contribution is -2.62. The second kappa shape index (κ2) is 10.5. The molecule has 0 amide bonds. The zero-order valence-corrected chi connectivity index (χ0v) is 18.9. The second-order valence-electron chi connectivity index (χ2n) is 8.01. The highest BCUT2D eigenvalue weighted by Crippen LogP contribution is 2.43. The number of carbonyl (C=O) groups excluding carboxylic acids is 3. The Morgan fingerprint density at radius 3 is 2.35 bits per heavy atom. The van der Waals surface area contributed by atoms with Gasteiger partial charge in [0.1, 0.15) is 5.82 Å². The first-order valence-electron chi connectivity index (χ1n) is 10.7. The summed E-state index contributed by atoms with van der Waals surface area (Å²) in [5.41, 5.74) is 0.263. The number of carbonyl (C=O) groups is 3. The quantitative estimate of drug-likeness (QED) is 0.282. The molecule has 1 saturated heterocycles. The molecule has 5 atom stereocenters. The Morgan fingerprint density at radius 1 is 1.09 bits per heavy atom. The lowest BCUT2D eigenvalue weighted by molar-refractivity contribution is -0.385. The number of nitro benzene ring substituents is 1. The number of esters is 2. The van der Waals surface area contributed by atoms with E-state index in [2.05, 4.69) is 5.32 Å². The first-order chi connectivity index (χ1) is 16.2. The molecule has 1 aliphatic heterocycles. The number of ketones is 1. The van der Waals surface area contributed by atoms with Crippen LogP contribution in [0, 0.1) is 27.8 Å². The second-order valence-corrected chi connectivity index (χ2v) is 8.01. The average Bonchev–Trinajstić information content (AvgIpc) is 2.83. The molecule has 1 N–H and O–H groups in total. The van der Waals surface area contributed by atoms with Crippen LogP contribution in [0.5, 0.6) is 0 Å². The molecule has 9 nitrogen and oxygen atoms in total. The lowest BCUT2D eigenvalue weighted by Gasteiger charge is -2.44. The predicted octanol–water partition coefficient (Wildman–Crippen LogP) is 3.03. The maximum atomic E-state index is 13.5. The van der Waals surface area contributed by atoms with E-state index in [1.807, 2.05) is 0 Å². The fraction of sp³-hybridized carbons (Fsp3) is 0.375. The van der Waals surface area contributed by atoms with Crippen molar-refractivity contribution in [2.75, 3.05) is 13.7 Å². The monoisotopic (exact) mass is 472 g/mol. The van der Waals surface area contributed by atoms with Crippen LogP contribution in [-0.2, 0) is 19.1 Å². The van der Waals surface area contributed by atoms with Gasteiger partial charge in [0, 0.05) is 29.7 Å². The van der Waals surface area contributed by atoms with Gasteiger partial charge in [0.2, 0.25) is 0 Å². The van der Waals surface area contributed by atoms with Gasteiger partial charge in [-0.1, -0.05) is 12.1 Å². The van der Waals surface area contributed by atoms with E-state index < -0.39 is 58.3 Å². The molecule has 10 heteroatoms. The first-order valence-corrected chi connectivity index (χ1v) is 10.7. The number of benzene rings is 2. The molecule has 0 bridgehead atoms. The molecule has 0 saturated carbocycles. The summed E-state index contributed by atoms with van der Waals surface area (Å²) in [6, 6.07) is 8.70. The van der Waals surface area contributed by atoms with Crippen molar-refractivity contribution < 1.29 is 33.2 Å². The topological polar surface area (TPSA) is 125 Å². The van der Waals surface area contributed by atoms with E-state index in [9.17, 15) is 28.9 Å². The highest BCUT2D eigenvalue weighted by atomic mass is 19.1. The Balaban J connectivity index is 2.18. The van der Waals surface area contributed by atoms with Gasteiger partial charge in [-0.2, -0.15) is 0 Å². The van der Waals surface area contributed by atoms with Crippen LogP contribution < -0.4 is 5.32 Å². The van der Waals surface area contributed by atoms with Crippen molar-refractivity contribution in [2.45, 2.75) is 31.8 Å². The van der Waals surface area contributed by atoms with Gasteiger partial charge >= 0.3 is 11.9 Å². The number of nitro groups is 1. The molecule has 0 spiro atoms. The van der Waals surface area contributed by atoms with Crippen molar-refractivity contribution in [3.63, 3.8) is 0 Å². The third-order valence-corrected chi connectivity index (χ3v) is 6.02. The molecule has 1 heterocycles. The number of methoxy groups -OCH3 is 1. The normalized spacial score (nSPS) is 24.2. The third kappa shape index (κ3) is 4.96. The highest BCUT2D eigenvalue weighted by Gasteiger charge is 2.53. The zero-order chi connectivity index (χ0) is 25.0. The van der Waals surface area contributed by atoms with Crippen LogP contribution in [0.2, 0.25) is 0 Å². The van der Waals surface area contributed by atoms with Gasteiger partial charge in [-0.25, -0.2) is 4.39 Å². The largest absolute Gasteiger partial charge is 0.469 e. The van der Waals surface area contributed by atoms with Crippen molar-refractivity contribution in [2.24, 2.45) is 11.8 Å². The average molecular weight is 472 g/mol. The molecule has 5 unspecified atom stereocenters. The van der Waals surface area contributed by atoms with E-state index in [0.29, 0.717) is 5.56 Å². The minimum absolute atomic E-state index is 0.0207. The summed E-state index contributed by atoms with van der Waals surface area (Å²) in [5.74, 6) is -5.52. The SMILES string of the molecule is CCOC(=O)C1C(C(=O)c2ccc(F)cc2)NC(C)C(C(=O)OC)C1c1cccc([N+](=O)[O-])c1. The molecular weight excluding hydrogens is 447 g/mol. The summed E-state index contributed by atoms with van der Waals surface area (Å²) in [6.45, 7) is 3.29.